The lowest BCUT2D eigenvalue weighted by Crippen LogP contribution is -2.54. The van der Waals surface area contributed by atoms with E-state index in [1.165, 1.54) is 30.3 Å². The molecule has 1 aliphatic heterocycles. The van der Waals surface area contributed by atoms with Crippen LogP contribution in [-0.2, 0) is 10.9 Å². The van der Waals surface area contributed by atoms with Crippen molar-refractivity contribution in [3.05, 3.63) is 137 Å². The van der Waals surface area contributed by atoms with Gasteiger partial charge in [0.2, 0.25) is 0 Å². The van der Waals surface area contributed by atoms with Crippen molar-refractivity contribution >= 4 is 0 Å². The third-order valence-electron chi connectivity index (χ3n) is 6.77. The molecule has 1 saturated heterocycles. The van der Waals surface area contributed by atoms with Crippen LogP contribution in [0.25, 0.3) is 0 Å². The predicted octanol–water partition coefficient (Wildman–Crippen LogP) is 8.18. The quantitative estimate of drug-likeness (QED) is 0.204. The fraction of sp³-hybridized carbons (Fsp3) is 0.226. The molecular formula is C31H25F6NO2. The van der Waals surface area contributed by atoms with Crippen molar-refractivity contribution in [3.8, 4) is 5.75 Å². The number of ether oxygens (including phenoxy) is 2. The molecule has 0 radical (unpaired) electrons. The van der Waals surface area contributed by atoms with Gasteiger partial charge in [-0.05, 0) is 40.5 Å². The molecule has 0 aliphatic carbocycles. The van der Waals surface area contributed by atoms with Gasteiger partial charge < -0.3 is 9.47 Å². The van der Waals surface area contributed by atoms with Gasteiger partial charge in [0.25, 0.3) is 0 Å². The number of likely N-dealkylation sites (tertiary alicyclic amines) is 1. The highest BCUT2D eigenvalue weighted by Gasteiger charge is 2.40. The van der Waals surface area contributed by atoms with Crippen molar-refractivity contribution in [1.82, 2.24) is 4.90 Å². The molecule has 0 amide bonds. The summed E-state index contributed by atoms with van der Waals surface area (Å²) >= 11 is 0. The SMILES string of the molecule is FC(F)(F)Oc1ccc(C(OC2CN(C(c3ccccc3)c3ccccc3)C2)c2ccccc2C(F)(F)F)cc1. The summed E-state index contributed by atoms with van der Waals surface area (Å²) < 4.78 is 90.0. The van der Waals surface area contributed by atoms with Crippen LogP contribution in [0.5, 0.6) is 5.75 Å². The van der Waals surface area contributed by atoms with E-state index < -0.39 is 36.1 Å². The highest BCUT2D eigenvalue weighted by Crippen LogP contribution is 2.41. The van der Waals surface area contributed by atoms with Gasteiger partial charge in [0, 0.05) is 13.1 Å². The molecule has 40 heavy (non-hydrogen) atoms. The molecule has 1 heterocycles. The normalized spacial score (nSPS) is 15.6. The van der Waals surface area contributed by atoms with E-state index in [1.807, 2.05) is 60.7 Å². The summed E-state index contributed by atoms with van der Waals surface area (Å²) in [6.07, 6.45) is -11.1. The Morgan fingerprint density at radius 1 is 0.625 bits per heavy atom. The van der Waals surface area contributed by atoms with Crippen molar-refractivity contribution in [2.24, 2.45) is 0 Å². The molecule has 0 aromatic heterocycles. The Hall–Kier alpha value is -3.82. The van der Waals surface area contributed by atoms with Gasteiger partial charge in [0.05, 0.1) is 17.7 Å². The van der Waals surface area contributed by atoms with Crippen LogP contribution in [0.1, 0.15) is 40.0 Å². The van der Waals surface area contributed by atoms with Gasteiger partial charge in [-0.15, -0.1) is 13.2 Å². The zero-order valence-corrected chi connectivity index (χ0v) is 21.1. The monoisotopic (exact) mass is 557 g/mol. The zero-order valence-electron chi connectivity index (χ0n) is 21.1. The van der Waals surface area contributed by atoms with Gasteiger partial charge in [0.1, 0.15) is 11.9 Å². The van der Waals surface area contributed by atoms with Gasteiger partial charge in [-0.2, -0.15) is 13.2 Å². The highest BCUT2D eigenvalue weighted by molar-refractivity contribution is 5.40. The average molecular weight is 558 g/mol. The minimum atomic E-state index is -4.89. The van der Waals surface area contributed by atoms with E-state index in [0.717, 1.165) is 29.3 Å². The lowest BCUT2D eigenvalue weighted by atomic mass is 9.93. The molecule has 1 unspecified atom stereocenters. The topological polar surface area (TPSA) is 21.7 Å². The van der Waals surface area contributed by atoms with Gasteiger partial charge >= 0.3 is 12.5 Å². The van der Waals surface area contributed by atoms with Crippen LogP contribution in [0.15, 0.2) is 109 Å². The standard InChI is InChI=1S/C31H25F6NO2/c32-30(33,34)27-14-8-7-13-26(27)29(23-15-17-24(18-16-23)40-31(35,36)37)39-25-19-38(20-25)28(21-9-3-1-4-10-21)22-11-5-2-6-12-22/h1-18,25,28-29H,19-20H2. The minimum absolute atomic E-state index is 0.0676. The Kier molecular flexibility index (Phi) is 7.87. The summed E-state index contributed by atoms with van der Waals surface area (Å²) in [7, 11) is 0. The van der Waals surface area contributed by atoms with E-state index in [0.29, 0.717) is 13.1 Å². The lowest BCUT2D eigenvalue weighted by molar-refractivity contribution is -0.274. The summed E-state index contributed by atoms with van der Waals surface area (Å²) in [5.74, 6) is -0.470. The number of rotatable bonds is 8. The number of hydrogen-bond acceptors (Lipinski definition) is 3. The first-order valence-corrected chi connectivity index (χ1v) is 12.6. The number of halogens is 6. The second-order valence-corrected chi connectivity index (χ2v) is 9.52. The molecule has 1 aliphatic rings. The second kappa shape index (κ2) is 11.3. The molecule has 5 rings (SSSR count). The largest absolute Gasteiger partial charge is 0.573 e. The summed E-state index contributed by atoms with van der Waals surface area (Å²) in [6.45, 7) is 0.906. The molecule has 0 N–H and O–H groups in total. The van der Waals surface area contributed by atoms with Crippen molar-refractivity contribution < 1.29 is 35.8 Å². The predicted molar refractivity (Wildman–Crippen MR) is 138 cm³/mol. The fourth-order valence-corrected chi connectivity index (χ4v) is 5.00. The third-order valence-corrected chi connectivity index (χ3v) is 6.77. The number of benzene rings is 4. The Morgan fingerprint density at radius 2 is 1.15 bits per heavy atom. The van der Waals surface area contributed by atoms with Gasteiger partial charge in [-0.3, -0.25) is 4.90 Å². The van der Waals surface area contributed by atoms with E-state index in [1.54, 1.807) is 0 Å². The fourth-order valence-electron chi connectivity index (χ4n) is 5.00. The third kappa shape index (κ3) is 6.48. The Labute approximate surface area is 227 Å². The van der Waals surface area contributed by atoms with Crippen molar-refractivity contribution in [1.29, 1.82) is 0 Å². The molecular weight excluding hydrogens is 532 g/mol. The van der Waals surface area contributed by atoms with Crippen LogP contribution < -0.4 is 4.74 Å². The summed E-state index contributed by atoms with van der Waals surface area (Å²) in [5.41, 5.74) is 1.46. The summed E-state index contributed by atoms with van der Waals surface area (Å²) in [4.78, 5) is 2.18. The smallest absolute Gasteiger partial charge is 0.406 e. The maximum absolute atomic E-state index is 13.9. The van der Waals surface area contributed by atoms with Crippen LogP contribution in [0.4, 0.5) is 26.3 Å². The second-order valence-electron chi connectivity index (χ2n) is 9.52. The van der Waals surface area contributed by atoms with Crippen LogP contribution >= 0.6 is 0 Å². The van der Waals surface area contributed by atoms with E-state index in [-0.39, 0.29) is 17.2 Å². The average Bonchev–Trinajstić information content (AvgIpc) is 2.90. The van der Waals surface area contributed by atoms with Gasteiger partial charge in [-0.1, -0.05) is 91.0 Å². The minimum Gasteiger partial charge on any atom is -0.406 e. The molecule has 0 spiro atoms. The Morgan fingerprint density at radius 3 is 1.68 bits per heavy atom. The molecule has 1 fully saturated rings. The maximum atomic E-state index is 13.9. The lowest BCUT2D eigenvalue weighted by Gasteiger charge is -2.45. The molecule has 1 atom stereocenters. The zero-order chi connectivity index (χ0) is 28.3. The van der Waals surface area contributed by atoms with Crippen molar-refractivity contribution in [2.45, 2.75) is 30.8 Å². The van der Waals surface area contributed by atoms with E-state index in [2.05, 4.69) is 9.64 Å². The number of hydrogen-bond donors (Lipinski definition) is 0. The molecule has 4 aromatic rings. The first-order chi connectivity index (χ1) is 19.1. The van der Waals surface area contributed by atoms with Crippen LogP contribution in [-0.4, -0.2) is 30.5 Å². The first-order valence-electron chi connectivity index (χ1n) is 12.6. The van der Waals surface area contributed by atoms with Crippen molar-refractivity contribution in [2.75, 3.05) is 13.1 Å². The van der Waals surface area contributed by atoms with E-state index >= 15 is 0 Å². The maximum Gasteiger partial charge on any atom is 0.573 e. The molecule has 208 valence electrons. The van der Waals surface area contributed by atoms with Crippen molar-refractivity contribution in [3.63, 3.8) is 0 Å². The van der Waals surface area contributed by atoms with Crippen LogP contribution in [0, 0.1) is 0 Å². The Bertz CT molecular complexity index is 1350. The molecule has 4 aromatic carbocycles. The Balaban J connectivity index is 1.41. The van der Waals surface area contributed by atoms with Gasteiger partial charge in [-0.25, -0.2) is 0 Å². The van der Waals surface area contributed by atoms with E-state index in [9.17, 15) is 26.3 Å². The summed E-state index contributed by atoms with van der Waals surface area (Å²) in [6, 6.07) is 29.5. The highest BCUT2D eigenvalue weighted by atomic mass is 19.4. The van der Waals surface area contributed by atoms with Crippen LogP contribution in [0.2, 0.25) is 0 Å². The van der Waals surface area contributed by atoms with Gasteiger partial charge in [0.15, 0.2) is 0 Å². The molecule has 0 bridgehead atoms. The number of nitrogens with zero attached hydrogens (tertiary/aromatic N) is 1. The van der Waals surface area contributed by atoms with Crippen LogP contribution in [0.3, 0.4) is 0 Å². The molecule has 0 saturated carbocycles. The first kappa shape index (κ1) is 27.7. The summed E-state index contributed by atoms with van der Waals surface area (Å²) in [5, 5.41) is 0. The van der Waals surface area contributed by atoms with E-state index in [4.69, 9.17) is 4.74 Å². The molecule has 3 nitrogen and oxygen atoms in total. The number of alkyl halides is 6. The molecule has 9 heteroatoms.